The number of nitrogens with zero attached hydrogens (tertiary/aromatic N) is 2. The number of aromatic nitrogens is 2. The van der Waals surface area contributed by atoms with Crippen LogP contribution in [0.4, 0.5) is 4.39 Å². The second-order valence-corrected chi connectivity index (χ2v) is 8.77. The zero-order chi connectivity index (χ0) is 20.8. The summed E-state index contributed by atoms with van der Waals surface area (Å²) in [5.74, 6) is 1.80. The van der Waals surface area contributed by atoms with E-state index in [-0.39, 0.29) is 41.4 Å². The Kier molecular flexibility index (Phi) is 7.52. The molecule has 0 spiro atoms. The first-order valence-electron chi connectivity index (χ1n) is 9.93. The molecule has 3 rings (SSSR count). The van der Waals surface area contributed by atoms with Crippen LogP contribution in [0, 0.1) is 23.6 Å². The van der Waals surface area contributed by atoms with Crippen molar-refractivity contribution in [3.8, 4) is 5.75 Å². The summed E-state index contributed by atoms with van der Waals surface area (Å²) in [7, 11) is 0. The van der Waals surface area contributed by atoms with E-state index >= 15 is 0 Å². The molecule has 1 aromatic heterocycles. The predicted molar refractivity (Wildman–Crippen MR) is 107 cm³/mol. The average molecular weight is 423 g/mol. The molecule has 1 aliphatic carbocycles. The van der Waals surface area contributed by atoms with Crippen molar-refractivity contribution in [3.63, 3.8) is 0 Å². The van der Waals surface area contributed by atoms with Gasteiger partial charge in [0.2, 0.25) is 0 Å². The second-order valence-electron chi connectivity index (χ2n) is 7.85. The molecule has 2 aromatic rings. The van der Waals surface area contributed by atoms with Crippen molar-refractivity contribution in [1.82, 2.24) is 10.2 Å². The van der Waals surface area contributed by atoms with Gasteiger partial charge in [0.1, 0.15) is 23.4 Å². The van der Waals surface area contributed by atoms with E-state index in [9.17, 15) is 9.18 Å². The smallest absolute Gasteiger partial charge is 0.316 e. The third kappa shape index (κ3) is 6.45. The van der Waals surface area contributed by atoms with Gasteiger partial charge in [-0.05, 0) is 54.9 Å². The normalized spacial score (nSPS) is 21.9. The summed E-state index contributed by atoms with van der Waals surface area (Å²) in [6, 6.07) is 5.67. The summed E-state index contributed by atoms with van der Waals surface area (Å²) in [6.45, 7) is 6.65. The maximum Gasteiger partial charge on any atom is 0.316 e. The van der Waals surface area contributed by atoms with Crippen LogP contribution in [0.15, 0.2) is 33.9 Å². The predicted octanol–water partition coefficient (Wildman–Crippen LogP) is 4.88. The zero-order valence-electron chi connectivity index (χ0n) is 17.0. The van der Waals surface area contributed by atoms with Crippen LogP contribution in [0.5, 0.6) is 5.75 Å². The van der Waals surface area contributed by atoms with E-state index in [1.807, 2.05) is 0 Å². The first-order valence-corrected chi connectivity index (χ1v) is 10.9. The number of hydrogen-bond acceptors (Lipinski definition) is 7. The quantitative estimate of drug-likeness (QED) is 0.443. The van der Waals surface area contributed by atoms with E-state index in [1.54, 1.807) is 0 Å². The SMILES string of the molecule is CC(C)[C@@H]1CC[C@@H](C)C[C@@H]1OC(=O)CSc1nnc(COc2ccc(F)cc2)o1. The number of carbonyl (C=O) groups excluding carboxylic acids is 1. The molecule has 1 saturated carbocycles. The van der Waals surface area contributed by atoms with Crippen molar-refractivity contribution in [3.05, 3.63) is 36.0 Å². The standard InChI is InChI=1S/C21H27FN2O4S/c1-13(2)17-9-4-14(3)10-18(17)27-20(25)12-29-21-24-23-19(28-21)11-26-16-7-5-15(22)6-8-16/h5-8,13-14,17-18H,4,9-12H2,1-3H3/t14-,17+,18+/m1/s1. The van der Waals surface area contributed by atoms with Crippen molar-refractivity contribution in [2.45, 2.75) is 58.0 Å². The maximum absolute atomic E-state index is 12.9. The van der Waals surface area contributed by atoms with E-state index < -0.39 is 0 Å². The van der Waals surface area contributed by atoms with Crippen molar-refractivity contribution in [2.75, 3.05) is 5.75 Å². The molecule has 1 fully saturated rings. The number of carbonyl (C=O) groups is 1. The first kappa shape index (κ1) is 21.6. The lowest BCUT2D eigenvalue weighted by atomic mass is 9.75. The second kappa shape index (κ2) is 10.1. The molecular weight excluding hydrogens is 395 g/mol. The lowest BCUT2D eigenvalue weighted by Gasteiger charge is -2.36. The van der Waals surface area contributed by atoms with Crippen molar-refractivity contribution in [2.24, 2.45) is 17.8 Å². The summed E-state index contributed by atoms with van der Waals surface area (Å²) in [5, 5.41) is 8.10. The van der Waals surface area contributed by atoms with Gasteiger partial charge in [-0.1, -0.05) is 39.0 Å². The van der Waals surface area contributed by atoms with Gasteiger partial charge in [0.25, 0.3) is 11.1 Å². The highest BCUT2D eigenvalue weighted by molar-refractivity contribution is 7.99. The molecule has 0 aliphatic heterocycles. The van der Waals surface area contributed by atoms with E-state index in [4.69, 9.17) is 13.9 Å². The molecule has 1 heterocycles. The van der Waals surface area contributed by atoms with Crippen LogP contribution in [-0.2, 0) is 16.1 Å². The van der Waals surface area contributed by atoms with E-state index in [2.05, 4.69) is 31.0 Å². The van der Waals surface area contributed by atoms with Crippen LogP contribution in [-0.4, -0.2) is 28.0 Å². The zero-order valence-corrected chi connectivity index (χ0v) is 17.8. The fourth-order valence-electron chi connectivity index (χ4n) is 3.60. The van der Waals surface area contributed by atoms with Gasteiger partial charge in [0.15, 0.2) is 6.61 Å². The number of halogens is 1. The summed E-state index contributed by atoms with van der Waals surface area (Å²) < 4.78 is 29.6. The Hall–Kier alpha value is -2.09. The van der Waals surface area contributed by atoms with Gasteiger partial charge in [0.05, 0.1) is 0 Å². The highest BCUT2D eigenvalue weighted by Crippen LogP contribution is 2.35. The summed E-state index contributed by atoms with van der Waals surface area (Å²) in [6.07, 6.45) is 3.20. The van der Waals surface area contributed by atoms with Gasteiger partial charge < -0.3 is 13.9 Å². The lowest BCUT2D eigenvalue weighted by Crippen LogP contribution is -2.36. The fraction of sp³-hybridized carbons (Fsp3) is 0.571. The van der Waals surface area contributed by atoms with Crippen molar-refractivity contribution in [1.29, 1.82) is 0 Å². The molecule has 29 heavy (non-hydrogen) atoms. The maximum atomic E-state index is 12.9. The summed E-state index contributed by atoms with van der Waals surface area (Å²) in [4.78, 5) is 12.3. The van der Waals surface area contributed by atoms with E-state index in [0.717, 1.165) is 24.6 Å². The van der Waals surface area contributed by atoms with Gasteiger partial charge in [-0.2, -0.15) is 0 Å². The number of thioether (sulfide) groups is 1. The third-order valence-corrected chi connectivity index (χ3v) is 5.97. The number of rotatable bonds is 8. The van der Waals surface area contributed by atoms with Gasteiger partial charge in [-0.25, -0.2) is 4.39 Å². The molecule has 0 amide bonds. The van der Waals surface area contributed by atoms with Crippen LogP contribution < -0.4 is 4.74 Å². The molecule has 0 bridgehead atoms. The molecule has 1 aromatic carbocycles. The minimum atomic E-state index is -0.330. The number of hydrogen-bond donors (Lipinski definition) is 0. The Balaban J connectivity index is 1.45. The van der Waals surface area contributed by atoms with Crippen LogP contribution in [0.3, 0.4) is 0 Å². The molecular formula is C21H27FN2O4S. The summed E-state index contributed by atoms with van der Waals surface area (Å²) in [5.41, 5.74) is 0. The van der Waals surface area contributed by atoms with Crippen molar-refractivity contribution >= 4 is 17.7 Å². The molecule has 3 atom stereocenters. The molecule has 0 saturated heterocycles. The van der Waals surface area contributed by atoms with Gasteiger partial charge >= 0.3 is 5.97 Å². The minimum Gasteiger partial charge on any atom is -0.484 e. The lowest BCUT2D eigenvalue weighted by molar-refractivity contribution is -0.152. The molecule has 158 valence electrons. The largest absolute Gasteiger partial charge is 0.484 e. The molecule has 6 nitrogen and oxygen atoms in total. The molecule has 0 unspecified atom stereocenters. The van der Waals surface area contributed by atoms with Crippen LogP contribution >= 0.6 is 11.8 Å². The van der Waals surface area contributed by atoms with Crippen LogP contribution in [0.2, 0.25) is 0 Å². The molecule has 1 aliphatic rings. The van der Waals surface area contributed by atoms with Gasteiger partial charge in [0, 0.05) is 0 Å². The first-order chi connectivity index (χ1) is 13.9. The van der Waals surface area contributed by atoms with E-state index in [1.165, 1.54) is 30.7 Å². The highest BCUT2D eigenvalue weighted by atomic mass is 32.2. The fourth-order valence-corrected chi connectivity index (χ4v) is 4.17. The highest BCUT2D eigenvalue weighted by Gasteiger charge is 2.33. The van der Waals surface area contributed by atoms with Gasteiger partial charge in [-0.15, -0.1) is 10.2 Å². The number of benzene rings is 1. The van der Waals surface area contributed by atoms with Crippen LogP contribution in [0.1, 0.15) is 45.9 Å². The van der Waals surface area contributed by atoms with Crippen LogP contribution in [0.25, 0.3) is 0 Å². The monoisotopic (exact) mass is 422 g/mol. The van der Waals surface area contributed by atoms with Gasteiger partial charge in [-0.3, -0.25) is 4.79 Å². The topological polar surface area (TPSA) is 74.5 Å². The Morgan fingerprint density at radius 2 is 2.03 bits per heavy atom. The third-order valence-electron chi connectivity index (χ3n) is 5.18. The van der Waals surface area contributed by atoms with Crippen molar-refractivity contribution < 1.29 is 23.1 Å². The van der Waals surface area contributed by atoms with E-state index in [0.29, 0.717) is 23.5 Å². The Bertz CT molecular complexity index is 796. The Morgan fingerprint density at radius 1 is 1.28 bits per heavy atom. The molecule has 0 N–H and O–H groups in total. The molecule has 8 heteroatoms. The Labute approximate surface area is 174 Å². The summed E-state index contributed by atoms with van der Waals surface area (Å²) >= 11 is 1.15. The number of ether oxygens (including phenoxy) is 2. The average Bonchev–Trinajstić information content (AvgIpc) is 3.14. The Morgan fingerprint density at radius 3 is 2.76 bits per heavy atom. The molecule has 0 radical (unpaired) electrons. The minimum absolute atomic E-state index is 0.0193. The number of esters is 1.